The lowest BCUT2D eigenvalue weighted by Gasteiger charge is -2.34. The number of Topliss-reactive ketones (excluding diaryl/α,β-unsaturated/α-hetero) is 1. The summed E-state index contributed by atoms with van der Waals surface area (Å²) in [6.45, 7) is 4.17. The monoisotopic (exact) mass is 322 g/mol. The van der Waals surface area contributed by atoms with Gasteiger partial charge >= 0.3 is 0 Å². The van der Waals surface area contributed by atoms with Gasteiger partial charge in [0.15, 0.2) is 5.78 Å². The van der Waals surface area contributed by atoms with Crippen molar-refractivity contribution in [2.24, 2.45) is 17.6 Å². The first-order valence-electron chi connectivity index (χ1n) is 8.40. The fourth-order valence-corrected chi connectivity index (χ4v) is 3.69. The first-order valence-corrected chi connectivity index (χ1v) is 8.40. The number of carbonyl (C=O) groups is 1. The fourth-order valence-electron chi connectivity index (χ4n) is 3.69. The van der Waals surface area contributed by atoms with Gasteiger partial charge in [0, 0.05) is 24.3 Å². The van der Waals surface area contributed by atoms with Crippen LogP contribution >= 0.6 is 0 Å². The predicted octanol–water partition coefficient (Wildman–Crippen LogP) is 3.77. The molecule has 124 valence electrons. The molecule has 4 heteroatoms. The zero-order valence-corrected chi connectivity index (χ0v) is 14.1. The Labute approximate surface area is 142 Å². The summed E-state index contributed by atoms with van der Waals surface area (Å²) >= 11 is 0. The highest BCUT2D eigenvalue weighted by molar-refractivity contribution is 5.98. The summed E-state index contributed by atoms with van der Waals surface area (Å²) in [5, 5.41) is 9.45. The maximum atomic E-state index is 12.9. The molecule has 3 rings (SSSR count). The maximum Gasteiger partial charge on any atom is 0.204 e. The van der Waals surface area contributed by atoms with Gasteiger partial charge in [0.2, 0.25) is 5.88 Å². The fraction of sp³-hybridized carbons (Fsp3) is 0.400. The third kappa shape index (κ3) is 2.94. The van der Waals surface area contributed by atoms with E-state index in [4.69, 9.17) is 10.5 Å². The summed E-state index contributed by atoms with van der Waals surface area (Å²) in [5.74, 6) is 1.12. The molecule has 1 aliphatic carbocycles. The minimum atomic E-state index is -0.233. The molecule has 0 fully saturated rings. The van der Waals surface area contributed by atoms with Crippen molar-refractivity contribution in [1.82, 2.24) is 0 Å². The SMILES string of the molecule is CC(C)C[C@@H]1C(C#N)=C(N)OC2=C1C(=O)C[C@H](c1ccccc1)C2. The Morgan fingerprint density at radius 1 is 1.29 bits per heavy atom. The number of hydrogen-bond acceptors (Lipinski definition) is 4. The van der Waals surface area contributed by atoms with E-state index in [1.54, 1.807) is 0 Å². The van der Waals surface area contributed by atoms with Gasteiger partial charge in [-0.15, -0.1) is 0 Å². The zero-order valence-electron chi connectivity index (χ0n) is 14.1. The van der Waals surface area contributed by atoms with E-state index in [1.807, 2.05) is 30.3 Å². The maximum absolute atomic E-state index is 12.9. The summed E-state index contributed by atoms with van der Waals surface area (Å²) in [6.07, 6.45) is 1.84. The van der Waals surface area contributed by atoms with Gasteiger partial charge < -0.3 is 10.5 Å². The van der Waals surface area contributed by atoms with Crippen molar-refractivity contribution in [1.29, 1.82) is 5.26 Å². The van der Waals surface area contributed by atoms with Gasteiger partial charge in [0.1, 0.15) is 11.8 Å². The van der Waals surface area contributed by atoms with E-state index in [2.05, 4.69) is 19.9 Å². The van der Waals surface area contributed by atoms with Crippen LogP contribution in [0.2, 0.25) is 0 Å². The molecule has 0 saturated carbocycles. The second-order valence-electron chi connectivity index (χ2n) is 6.95. The molecule has 1 aromatic rings. The third-order valence-corrected chi connectivity index (χ3v) is 4.76. The Bertz CT molecular complexity index is 754. The van der Waals surface area contributed by atoms with Gasteiger partial charge in [-0.2, -0.15) is 5.26 Å². The highest BCUT2D eigenvalue weighted by atomic mass is 16.5. The molecule has 0 spiro atoms. The molecule has 24 heavy (non-hydrogen) atoms. The average Bonchev–Trinajstić information content (AvgIpc) is 2.54. The van der Waals surface area contributed by atoms with Crippen molar-refractivity contribution < 1.29 is 9.53 Å². The Hall–Kier alpha value is -2.54. The van der Waals surface area contributed by atoms with Gasteiger partial charge in [-0.05, 0) is 23.8 Å². The van der Waals surface area contributed by atoms with Crippen LogP contribution in [0.25, 0.3) is 0 Å². The molecule has 2 aliphatic rings. The van der Waals surface area contributed by atoms with E-state index in [0.717, 1.165) is 12.0 Å². The Kier molecular flexibility index (Phi) is 4.44. The van der Waals surface area contributed by atoms with E-state index in [9.17, 15) is 10.1 Å². The third-order valence-electron chi connectivity index (χ3n) is 4.76. The minimum absolute atomic E-state index is 0.0796. The highest BCUT2D eigenvalue weighted by Gasteiger charge is 2.40. The zero-order chi connectivity index (χ0) is 17.3. The van der Waals surface area contributed by atoms with Crippen LogP contribution in [0.5, 0.6) is 0 Å². The summed E-state index contributed by atoms with van der Waals surface area (Å²) in [6, 6.07) is 12.2. The Balaban J connectivity index is 1.97. The van der Waals surface area contributed by atoms with Gasteiger partial charge in [-0.25, -0.2) is 0 Å². The number of carbonyl (C=O) groups excluding carboxylic acids is 1. The molecule has 1 aliphatic heterocycles. The van der Waals surface area contributed by atoms with Crippen molar-refractivity contribution in [3.63, 3.8) is 0 Å². The van der Waals surface area contributed by atoms with Crippen molar-refractivity contribution >= 4 is 5.78 Å². The highest BCUT2D eigenvalue weighted by Crippen LogP contribution is 2.44. The predicted molar refractivity (Wildman–Crippen MR) is 91.3 cm³/mol. The lowest BCUT2D eigenvalue weighted by molar-refractivity contribution is -0.117. The van der Waals surface area contributed by atoms with E-state index < -0.39 is 0 Å². The van der Waals surface area contributed by atoms with Gasteiger partial charge in [0.25, 0.3) is 0 Å². The molecule has 1 aromatic carbocycles. The molecule has 0 unspecified atom stereocenters. The molecular formula is C20H22N2O2. The van der Waals surface area contributed by atoms with E-state index >= 15 is 0 Å². The smallest absolute Gasteiger partial charge is 0.204 e. The van der Waals surface area contributed by atoms with Crippen molar-refractivity contribution in [2.45, 2.75) is 39.0 Å². The molecule has 2 atom stereocenters. The molecule has 2 N–H and O–H groups in total. The van der Waals surface area contributed by atoms with Crippen LogP contribution in [-0.4, -0.2) is 5.78 Å². The minimum Gasteiger partial charge on any atom is -0.444 e. The van der Waals surface area contributed by atoms with Crippen LogP contribution in [0.4, 0.5) is 0 Å². The van der Waals surface area contributed by atoms with Crippen LogP contribution in [0.1, 0.15) is 44.6 Å². The first-order chi connectivity index (χ1) is 11.5. The number of ether oxygens (including phenoxy) is 1. The molecule has 0 aromatic heterocycles. The van der Waals surface area contributed by atoms with Crippen LogP contribution in [0, 0.1) is 23.2 Å². The van der Waals surface area contributed by atoms with Crippen LogP contribution in [0.15, 0.2) is 53.1 Å². The largest absolute Gasteiger partial charge is 0.444 e. The number of benzene rings is 1. The number of rotatable bonds is 3. The lowest BCUT2D eigenvalue weighted by Crippen LogP contribution is -2.31. The molecule has 4 nitrogen and oxygen atoms in total. The summed E-state index contributed by atoms with van der Waals surface area (Å²) in [7, 11) is 0. The first kappa shape index (κ1) is 16.3. The Morgan fingerprint density at radius 2 is 2.00 bits per heavy atom. The molecular weight excluding hydrogens is 300 g/mol. The van der Waals surface area contributed by atoms with Crippen molar-refractivity contribution in [2.75, 3.05) is 0 Å². The van der Waals surface area contributed by atoms with Crippen molar-refractivity contribution in [3.8, 4) is 6.07 Å². The summed E-state index contributed by atoms with van der Waals surface area (Å²) in [4.78, 5) is 12.9. The van der Waals surface area contributed by atoms with E-state index in [0.29, 0.717) is 35.7 Å². The van der Waals surface area contributed by atoms with Gasteiger partial charge in [0.05, 0.1) is 5.57 Å². The second kappa shape index (κ2) is 6.52. The molecule has 0 saturated heterocycles. The second-order valence-corrected chi connectivity index (χ2v) is 6.95. The molecule has 1 heterocycles. The number of hydrogen-bond donors (Lipinski definition) is 1. The Morgan fingerprint density at radius 3 is 2.62 bits per heavy atom. The number of nitrogens with two attached hydrogens (primary N) is 1. The average molecular weight is 322 g/mol. The molecule has 0 radical (unpaired) electrons. The van der Waals surface area contributed by atoms with Gasteiger partial charge in [-0.1, -0.05) is 44.2 Å². The molecule has 0 amide bonds. The van der Waals surface area contributed by atoms with E-state index in [1.165, 1.54) is 0 Å². The normalized spacial score (nSPS) is 23.8. The number of allylic oxidation sites excluding steroid dienone is 3. The molecule has 0 bridgehead atoms. The van der Waals surface area contributed by atoms with Crippen molar-refractivity contribution in [3.05, 3.63) is 58.7 Å². The quantitative estimate of drug-likeness (QED) is 0.919. The summed E-state index contributed by atoms with van der Waals surface area (Å²) in [5.41, 5.74) is 8.18. The van der Waals surface area contributed by atoms with Gasteiger partial charge in [-0.3, -0.25) is 4.79 Å². The van der Waals surface area contributed by atoms with Crippen LogP contribution in [-0.2, 0) is 9.53 Å². The van der Waals surface area contributed by atoms with Crippen LogP contribution < -0.4 is 5.73 Å². The van der Waals surface area contributed by atoms with E-state index in [-0.39, 0.29) is 23.5 Å². The summed E-state index contributed by atoms with van der Waals surface area (Å²) < 4.78 is 5.72. The number of ketones is 1. The number of nitrogens with zero attached hydrogens (tertiary/aromatic N) is 1. The standard InChI is InChI=1S/C20H22N2O2/c1-12(2)8-15-16(11-21)20(22)24-18-10-14(9-17(23)19(15)18)13-6-4-3-5-7-13/h3-7,12,14-15H,8-10,22H2,1-2H3/t14-,15+/m0/s1. The van der Waals surface area contributed by atoms with Crippen LogP contribution in [0.3, 0.4) is 0 Å². The topological polar surface area (TPSA) is 76.1 Å². The lowest BCUT2D eigenvalue weighted by atomic mass is 9.73. The number of nitriles is 1.